The Bertz CT molecular complexity index is 446. The van der Waals surface area contributed by atoms with Crippen molar-refractivity contribution >= 4 is 6.08 Å². The van der Waals surface area contributed by atoms with Crippen LogP contribution in [0.1, 0.15) is 17.7 Å². The highest BCUT2D eigenvalue weighted by Gasteiger charge is 1.92. The molecule has 0 spiro atoms. The van der Waals surface area contributed by atoms with E-state index in [9.17, 15) is 0 Å². The lowest BCUT2D eigenvalue weighted by molar-refractivity contribution is 0.684. The van der Waals surface area contributed by atoms with Gasteiger partial charge in [-0.15, -0.1) is 0 Å². The first-order valence-electron chi connectivity index (χ1n) is 6.35. The lowest BCUT2D eigenvalue weighted by atomic mass is 10.2. The van der Waals surface area contributed by atoms with Crippen LogP contribution < -0.4 is 5.32 Å². The summed E-state index contributed by atoms with van der Waals surface area (Å²) in [6.45, 7) is 2.00. The molecular formula is C15H19N3. The Morgan fingerprint density at radius 3 is 2.83 bits per heavy atom. The smallest absolute Gasteiger partial charge is 0.0921 e. The summed E-state index contributed by atoms with van der Waals surface area (Å²) >= 11 is 0. The normalized spacial score (nSPS) is 11.1. The van der Waals surface area contributed by atoms with Crippen LogP contribution in [0.25, 0.3) is 6.08 Å². The van der Waals surface area contributed by atoms with Crippen LogP contribution in [-0.4, -0.2) is 23.1 Å². The topological polar surface area (TPSA) is 40.7 Å². The number of H-pyrrole nitrogens is 1. The Morgan fingerprint density at radius 2 is 2.06 bits per heavy atom. The Kier molecular flexibility index (Phi) is 5.21. The van der Waals surface area contributed by atoms with Gasteiger partial charge >= 0.3 is 0 Å². The van der Waals surface area contributed by atoms with Crippen LogP contribution in [0, 0.1) is 0 Å². The predicted molar refractivity (Wildman–Crippen MR) is 75.3 cm³/mol. The quantitative estimate of drug-likeness (QED) is 0.732. The molecule has 0 fully saturated rings. The first-order valence-corrected chi connectivity index (χ1v) is 6.35. The van der Waals surface area contributed by atoms with Crippen LogP contribution in [0.3, 0.4) is 0 Å². The average molecular weight is 241 g/mol. The van der Waals surface area contributed by atoms with Crippen molar-refractivity contribution in [2.24, 2.45) is 0 Å². The first kappa shape index (κ1) is 12.6. The van der Waals surface area contributed by atoms with Gasteiger partial charge in [0, 0.05) is 24.9 Å². The van der Waals surface area contributed by atoms with Crippen molar-refractivity contribution in [3.8, 4) is 0 Å². The maximum atomic E-state index is 3.99. The Morgan fingerprint density at radius 1 is 1.17 bits per heavy atom. The van der Waals surface area contributed by atoms with Gasteiger partial charge in [0.15, 0.2) is 0 Å². The molecule has 0 radical (unpaired) electrons. The largest absolute Gasteiger partial charge is 0.348 e. The molecule has 0 aliphatic heterocycles. The highest BCUT2D eigenvalue weighted by atomic mass is 14.9. The first-order chi connectivity index (χ1) is 8.95. The fourth-order valence-corrected chi connectivity index (χ4v) is 1.74. The molecule has 18 heavy (non-hydrogen) atoms. The third-order valence-electron chi connectivity index (χ3n) is 2.72. The van der Waals surface area contributed by atoms with Gasteiger partial charge in [0.2, 0.25) is 0 Å². The van der Waals surface area contributed by atoms with Gasteiger partial charge in [-0.05, 0) is 18.5 Å². The van der Waals surface area contributed by atoms with E-state index >= 15 is 0 Å². The van der Waals surface area contributed by atoms with Crippen molar-refractivity contribution in [2.45, 2.75) is 12.8 Å². The third-order valence-corrected chi connectivity index (χ3v) is 2.72. The molecule has 2 rings (SSSR count). The molecule has 94 valence electrons. The zero-order valence-electron chi connectivity index (χ0n) is 10.5. The van der Waals surface area contributed by atoms with Gasteiger partial charge in [0.25, 0.3) is 0 Å². The molecular weight excluding hydrogens is 222 g/mol. The number of aromatic nitrogens is 2. The van der Waals surface area contributed by atoms with Crippen molar-refractivity contribution in [1.82, 2.24) is 15.3 Å². The number of imidazole rings is 1. The monoisotopic (exact) mass is 241 g/mol. The molecule has 1 aromatic carbocycles. The molecule has 2 aromatic rings. The van der Waals surface area contributed by atoms with Crippen LogP contribution in [0.4, 0.5) is 0 Å². The number of hydrogen-bond acceptors (Lipinski definition) is 2. The second-order valence-electron chi connectivity index (χ2n) is 4.18. The lowest BCUT2D eigenvalue weighted by Gasteiger charge is -2.00. The summed E-state index contributed by atoms with van der Waals surface area (Å²) in [5.74, 6) is 0. The molecule has 3 heteroatoms. The zero-order chi connectivity index (χ0) is 12.5. The highest BCUT2D eigenvalue weighted by Crippen LogP contribution is 2.01. The van der Waals surface area contributed by atoms with E-state index in [4.69, 9.17) is 0 Å². The van der Waals surface area contributed by atoms with E-state index in [-0.39, 0.29) is 0 Å². The fourth-order valence-electron chi connectivity index (χ4n) is 1.74. The van der Waals surface area contributed by atoms with Gasteiger partial charge in [-0.25, -0.2) is 4.98 Å². The summed E-state index contributed by atoms with van der Waals surface area (Å²) in [7, 11) is 0. The number of aromatic amines is 1. The number of nitrogens with one attached hydrogen (secondary N) is 2. The molecule has 2 N–H and O–H groups in total. The maximum absolute atomic E-state index is 3.99. The average Bonchev–Trinajstić information content (AvgIpc) is 2.92. The SMILES string of the molecule is C(=C/c1ccccc1)/CCNCCc1cnc[nH]1. The standard InChI is InChI=1S/C15H19N3/c1-2-6-14(7-3-1)8-4-5-10-16-11-9-15-12-17-13-18-15/h1-4,6-8,12-13,16H,5,9-11H2,(H,17,18)/b8-4-. The third kappa shape index (κ3) is 4.55. The van der Waals surface area contributed by atoms with Crippen LogP contribution >= 0.6 is 0 Å². The summed E-state index contributed by atoms with van der Waals surface area (Å²) < 4.78 is 0. The Hall–Kier alpha value is -1.87. The number of benzene rings is 1. The van der Waals surface area contributed by atoms with Gasteiger partial charge in [-0.3, -0.25) is 0 Å². The van der Waals surface area contributed by atoms with E-state index in [1.165, 1.54) is 11.3 Å². The second-order valence-corrected chi connectivity index (χ2v) is 4.18. The van der Waals surface area contributed by atoms with Crippen LogP contribution in [0.5, 0.6) is 0 Å². The molecule has 0 unspecified atom stereocenters. The van der Waals surface area contributed by atoms with Gasteiger partial charge in [0.1, 0.15) is 0 Å². The van der Waals surface area contributed by atoms with Crippen LogP contribution in [0.2, 0.25) is 0 Å². The highest BCUT2D eigenvalue weighted by molar-refractivity contribution is 5.48. The molecule has 3 nitrogen and oxygen atoms in total. The summed E-state index contributed by atoms with van der Waals surface area (Å²) in [5.41, 5.74) is 2.44. The van der Waals surface area contributed by atoms with E-state index in [1.54, 1.807) is 6.33 Å². The van der Waals surface area contributed by atoms with Crippen molar-refractivity contribution in [3.63, 3.8) is 0 Å². The Labute approximate surface area is 108 Å². The molecule has 0 amide bonds. The van der Waals surface area contributed by atoms with Crippen LogP contribution in [-0.2, 0) is 6.42 Å². The molecule has 0 bridgehead atoms. The van der Waals surface area contributed by atoms with E-state index in [2.05, 4.69) is 51.7 Å². The number of nitrogens with zero attached hydrogens (tertiary/aromatic N) is 1. The van der Waals surface area contributed by atoms with Gasteiger partial charge in [-0.2, -0.15) is 0 Å². The van der Waals surface area contributed by atoms with Crippen LogP contribution in [0.15, 0.2) is 48.9 Å². The summed E-state index contributed by atoms with van der Waals surface area (Å²) in [5, 5.41) is 3.41. The predicted octanol–water partition coefficient (Wildman–Crippen LogP) is 2.65. The van der Waals surface area contributed by atoms with Crippen molar-refractivity contribution < 1.29 is 0 Å². The maximum Gasteiger partial charge on any atom is 0.0921 e. The minimum Gasteiger partial charge on any atom is -0.348 e. The molecule has 0 aliphatic carbocycles. The molecule has 0 atom stereocenters. The molecule has 0 aliphatic rings. The summed E-state index contributed by atoms with van der Waals surface area (Å²) in [6, 6.07) is 10.4. The van der Waals surface area contributed by atoms with Crippen molar-refractivity contribution in [1.29, 1.82) is 0 Å². The van der Waals surface area contributed by atoms with Gasteiger partial charge in [0.05, 0.1) is 6.33 Å². The molecule has 0 saturated heterocycles. The van der Waals surface area contributed by atoms with Crippen molar-refractivity contribution in [2.75, 3.05) is 13.1 Å². The Balaban J connectivity index is 1.55. The molecule has 0 saturated carbocycles. The second kappa shape index (κ2) is 7.45. The number of hydrogen-bond donors (Lipinski definition) is 2. The van der Waals surface area contributed by atoms with Gasteiger partial charge in [-0.1, -0.05) is 42.5 Å². The minimum atomic E-state index is 0.987. The molecule has 1 aromatic heterocycles. The van der Waals surface area contributed by atoms with Crippen molar-refractivity contribution in [3.05, 3.63) is 60.2 Å². The summed E-state index contributed by atoms with van der Waals surface area (Å²) in [4.78, 5) is 7.09. The van der Waals surface area contributed by atoms with E-state index in [0.29, 0.717) is 0 Å². The fraction of sp³-hybridized carbons (Fsp3) is 0.267. The molecule has 1 heterocycles. The number of rotatable bonds is 7. The summed E-state index contributed by atoms with van der Waals surface area (Å²) in [6.07, 6.45) is 10.0. The van der Waals surface area contributed by atoms with E-state index < -0.39 is 0 Å². The van der Waals surface area contributed by atoms with E-state index in [1.807, 2.05) is 12.3 Å². The van der Waals surface area contributed by atoms with Gasteiger partial charge < -0.3 is 10.3 Å². The minimum absolute atomic E-state index is 0.987. The lowest BCUT2D eigenvalue weighted by Crippen LogP contribution is -2.18. The zero-order valence-corrected chi connectivity index (χ0v) is 10.5. The van der Waals surface area contributed by atoms with E-state index in [0.717, 1.165) is 25.9 Å².